The molecule has 4 nitrogen and oxygen atoms in total. The molecule has 0 radical (unpaired) electrons. The molecule has 2 aromatic rings. The number of nitrogens with zero attached hydrogens (tertiary/aromatic N) is 2. The summed E-state index contributed by atoms with van der Waals surface area (Å²) in [5.74, 6) is -0.726. The van der Waals surface area contributed by atoms with Gasteiger partial charge in [0.1, 0.15) is 6.07 Å². The van der Waals surface area contributed by atoms with E-state index in [1.165, 1.54) is 12.1 Å². The van der Waals surface area contributed by atoms with E-state index in [1.54, 1.807) is 20.8 Å². The van der Waals surface area contributed by atoms with Crippen molar-refractivity contribution >= 4 is 5.97 Å². The first-order valence-electron chi connectivity index (χ1n) is 7.46. The number of halogens is 3. The van der Waals surface area contributed by atoms with Gasteiger partial charge in [-0.1, -0.05) is 12.1 Å². The Morgan fingerprint density at radius 2 is 1.96 bits per heavy atom. The summed E-state index contributed by atoms with van der Waals surface area (Å²) in [6, 6.07) is 6.44. The van der Waals surface area contributed by atoms with Gasteiger partial charge < -0.3 is 4.74 Å². The van der Waals surface area contributed by atoms with Gasteiger partial charge in [0.05, 0.1) is 34.7 Å². The standard InChI is InChI=1S/C18H15F3N2O2/c1-4-25-17(24)15-11(3)23-10(2)14(9-22)16(15)12-6-5-7-13(8-12)18(19,20)21/h5-8H,4H2,1-3H3. The number of esters is 1. The lowest BCUT2D eigenvalue weighted by molar-refractivity contribution is -0.137. The van der Waals surface area contributed by atoms with Crippen LogP contribution in [-0.2, 0) is 10.9 Å². The molecule has 0 atom stereocenters. The molecular formula is C18H15F3N2O2. The molecule has 0 fully saturated rings. The minimum atomic E-state index is -4.54. The van der Waals surface area contributed by atoms with E-state index in [1.807, 2.05) is 6.07 Å². The second-order valence-electron chi connectivity index (χ2n) is 5.32. The average Bonchev–Trinajstić information content (AvgIpc) is 2.53. The minimum Gasteiger partial charge on any atom is -0.462 e. The van der Waals surface area contributed by atoms with Gasteiger partial charge in [-0.25, -0.2) is 4.79 Å². The molecule has 0 amide bonds. The van der Waals surface area contributed by atoms with E-state index < -0.39 is 17.7 Å². The van der Waals surface area contributed by atoms with Crippen LogP contribution < -0.4 is 0 Å². The molecule has 130 valence electrons. The molecule has 0 bridgehead atoms. The first kappa shape index (κ1) is 18.5. The fourth-order valence-corrected chi connectivity index (χ4v) is 2.58. The molecule has 25 heavy (non-hydrogen) atoms. The van der Waals surface area contributed by atoms with Gasteiger partial charge >= 0.3 is 12.1 Å². The lowest BCUT2D eigenvalue weighted by Gasteiger charge is -2.16. The van der Waals surface area contributed by atoms with Crippen molar-refractivity contribution in [3.8, 4) is 17.2 Å². The molecule has 1 heterocycles. The maximum Gasteiger partial charge on any atom is 0.416 e. The van der Waals surface area contributed by atoms with Crippen LogP contribution in [0.3, 0.4) is 0 Å². The Balaban J connectivity index is 2.84. The first-order chi connectivity index (χ1) is 11.7. The molecule has 0 saturated heterocycles. The van der Waals surface area contributed by atoms with Crippen LogP contribution in [0.25, 0.3) is 11.1 Å². The van der Waals surface area contributed by atoms with Crippen LogP contribution in [0.4, 0.5) is 13.2 Å². The predicted octanol–water partition coefficient (Wildman–Crippen LogP) is 4.43. The minimum absolute atomic E-state index is 0.00308. The number of hydrogen-bond donors (Lipinski definition) is 0. The fraction of sp³-hybridized carbons (Fsp3) is 0.278. The summed E-state index contributed by atoms with van der Waals surface area (Å²) >= 11 is 0. The third-order valence-electron chi connectivity index (χ3n) is 3.63. The van der Waals surface area contributed by atoms with Crippen molar-refractivity contribution in [1.82, 2.24) is 4.98 Å². The Morgan fingerprint density at radius 1 is 1.28 bits per heavy atom. The van der Waals surface area contributed by atoms with E-state index in [-0.39, 0.29) is 28.9 Å². The van der Waals surface area contributed by atoms with Crippen molar-refractivity contribution in [1.29, 1.82) is 5.26 Å². The number of alkyl halides is 3. The van der Waals surface area contributed by atoms with E-state index in [9.17, 15) is 23.2 Å². The van der Waals surface area contributed by atoms with E-state index >= 15 is 0 Å². The normalized spacial score (nSPS) is 11.1. The Hall–Kier alpha value is -2.88. The molecule has 0 unspecified atom stereocenters. The van der Waals surface area contributed by atoms with Crippen LogP contribution in [0, 0.1) is 25.2 Å². The summed E-state index contributed by atoms with van der Waals surface area (Å²) in [6.45, 7) is 4.83. The van der Waals surface area contributed by atoms with E-state index in [4.69, 9.17) is 4.74 Å². The highest BCUT2D eigenvalue weighted by Gasteiger charge is 2.31. The van der Waals surface area contributed by atoms with Gasteiger partial charge in [0.2, 0.25) is 0 Å². The summed E-state index contributed by atoms with van der Waals surface area (Å²) in [7, 11) is 0. The zero-order chi connectivity index (χ0) is 18.8. The number of carbonyl (C=O) groups is 1. The number of benzene rings is 1. The molecular weight excluding hydrogens is 333 g/mol. The van der Waals surface area contributed by atoms with Gasteiger partial charge in [-0.15, -0.1) is 0 Å². The Bertz CT molecular complexity index is 868. The van der Waals surface area contributed by atoms with Crippen LogP contribution in [0.5, 0.6) is 0 Å². The van der Waals surface area contributed by atoms with Crippen molar-refractivity contribution in [2.75, 3.05) is 6.61 Å². The summed E-state index contributed by atoms with van der Waals surface area (Å²) < 4.78 is 44.1. The maximum atomic E-state index is 13.0. The Kier molecular flexibility index (Phi) is 5.12. The molecule has 1 aromatic heterocycles. The highest BCUT2D eigenvalue weighted by molar-refractivity contribution is 6.00. The number of rotatable bonds is 3. The first-order valence-corrected chi connectivity index (χ1v) is 7.46. The summed E-state index contributed by atoms with van der Waals surface area (Å²) in [5.41, 5.74) is 0.0371. The molecule has 7 heteroatoms. The van der Waals surface area contributed by atoms with Crippen molar-refractivity contribution in [2.24, 2.45) is 0 Å². The van der Waals surface area contributed by atoms with Gasteiger partial charge in [-0.2, -0.15) is 18.4 Å². The molecule has 2 rings (SSSR count). The lowest BCUT2D eigenvalue weighted by Crippen LogP contribution is -2.13. The van der Waals surface area contributed by atoms with Gasteiger partial charge in [0.25, 0.3) is 0 Å². The van der Waals surface area contributed by atoms with Crippen LogP contribution in [0.15, 0.2) is 24.3 Å². The quantitative estimate of drug-likeness (QED) is 0.770. The zero-order valence-corrected chi connectivity index (χ0v) is 13.9. The number of carbonyl (C=O) groups excluding carboxylic acids is 1. The van der Waals surface area contributed by atoms with E-state index in [0.29, 0.717) is 11.4 Å². The fourth-order valence-electron chi connectivity index (χ4n) is 2.58. The van der Waals surface area contributed by atoms with Crippen molar-refractivity contribution in [2.45, 2.75) is 26.9 Å². The molecule has 1 aromatic carbocycles. The monoisotopic (exact) mass is 348 g/mol. The number of pyridine rings is 1. The van der Waals surface area contributed by atoms with Crippen LogP contribution >= 0.6 is 0 Å². The maximum absolute atomic E-state index is 13.0. The summed E-state index contributed by atoms with van der Waals surface area (Å²) in [5, 5.41) is 9.45. The van der Waals surface area contributed by atoms with Gasteiger partial charge in [-0.3, -0.25) is 4.98 Å². The number of ether oxygens (including phenoxy) is 1. The highest BCUT2D eigenvalue weighted by atomic mass is 19.4. The van der Waals surface area contributed by atoms with Crippen molar-refractivity contribution in [3.05, 3.63) is 52.3 Å². The SMILES string of the molecule is CCOC(=O)c1c(C)nc(C)c(C#N)c1-c1cccc(C(F)(F)F)c1. The largest absolute Gasteiger partial charge is 0.462 e. The Labute approximate surface area is 142 Å². The summed E-state index contributed by atoms with van der Waals surface area (Å²) in [4.78, 5) is 16.5. The average molecular weight is 348 g/mol. The predicted molar refractivity (Wildman–Crippen MR) is 84.8 cm³/mol. The van der Waals surface area contributed by atoms with Gasteiger partial charge in [-0.05, 0) is 38.5 Å². The highest BCUT2D eigenvalue weighted by Crippen LogP contribution is 2.36. The number of hydrogen-bond acceptors (Lipinski definition) is 4. The molecule has 0 spiro atoms. The van der Waals surface area contributed by atoms with Gasteiger partial charge in [0, 0.05) is 5.56 Å². The topological polar surface area (TPSA) is 63.0 Å². The second-order valence-corrected chi connectivity index (χ2v) is 5.32. The second kappa shape index (κ2) is 6.93. The summed E-state index contributed by atoms with van der Waals surface area (Å²) in [6.07, 6.45) is -4.54. The van der Waals surface area contributed by atoms with Crippen molar-refractivity contribution in [3.63, 3.8) is 0 Å². The molecule has 0 N–H and O–H groups in total. The number of aryl methyl sites for hydroxylation is 2. The van der Waals surface area contributed by atoms with E-state index in [0.717, 1.165) is 12.1 Å². The molecule has 0 aliphatic carbocycles. The third kappa shape index (κ3) is 3.63. The lowest BCUT2D eigenvalue weighted by atomic mass is 9.92. The van der Waals surface area contributed by atoms with Crippen LogP contribution in [0.1, 0.15) is 39.8 Å². The van der Waals surface area contributed by atoms with Crippen molar-refractivity contribution < 1.29 is 22.7 Å². The number of aromatic nitrogens is 1. The molecule has 0 aliphatic rings. The van der Waals surface area contributed by atoms with Crippen LogP contribution in [0.2, 0.25) is 0 Å². The number of nitriles is 1. The molecule has 0 saturated carbocycles. The smallest absolute Gasteiger partial charge is 0.416 e. The Morgan fingerprint density at radius 3 is 2.52 bits per heavy atom. The third-order valence-corrected chi connectivity index (χ3v) is 3.63. The molecule has 0 aliphatic heterocycles. The van der Waals surface area contributed by atoms with Gasteiger partial charge in [0.15, 0.2) is 0 Å². The van der Waals surface area contributed by atoms with Crippen LogP contribution in [-0.4, -0.2) is 17.6 Å². The van der Waals surface area contributed by atoms with E-state index in [2.05, 4.69) is 4.98 Å². The zero-order valence-electron chi connectivity index (χ0n) is 13.9.